The molecule has 2 rings (SSSR count). The molecule has 6 heteroatoms. The molecule has 0 aromatic carbocycles. The Bertz CT molecular complexity index is 336. The molecule has 86 valence electrons. The number of nitrogens with zero attached hydrogens (tertiary/aromatic N) is 1. The Morgan fingerprint density at radius 2 is 1.80 bits per heavy atom. The van der Waals surface area contributed by atoms with Gasteiger partial charge in [-0.1, -0.05) is 6.07 Å². The first-order valence-electron chi connectivity index (χ1n) is 4.51. The Kier molecular flexibility index (Phi) is 6.40. The first-order valence-corrected chi connectivity index (χ1v) is 4.51. The van der Waals surface area contributed by atoms with Crippen LogP contribution in [0.5, 0.6) is 0 Å². The molecule has 2 heterocycles. The third-order valence-electron chi connectivity index (χ3n) is 2.21. The van der Waals surface area contributed by atoms with Crippen molar-refractivity contribution in [3.8, 4) is 0 Å². The number of pyridine rings is 1. The minimum atomic E-state index is -0.0315. The molecule has 1 aromatic rings. The van der Waals surface area contributed by atoms with E-state index in [1.165, 1.54) is 6.07 Å². The van der Waals surface area contributed by atoms with Crippen LogP contribution in [0.3, 0.4) is 0 Å². The molecule has 1 saturated heterocycles. The number of piperazine rings is 1. The standard InChI is InChI=1S/C9H13N3O.2ClH/c13-9-3-1-2-8(11-9)12-6-4-10-5-7-12;;/h1-3,10H,4-7H2,(H,11,13);2*1H. The van der Waals surface area contributed by atoms with Crippen molar-refractivity contribution in [3.63, 3.8) is 0 Å². The molecule has 0 unspecified atom stereocenters. The molecule has 0 saturated carbocycles. The molecule has 15 heavy (non-hydrogen) atoms. The lowest BCUT2D eigenvalue weighted by molar-refractivity contribution is 0.584. The summed E-state index contributed by atoms with van der Waals surface area (Å²) in [4.78, 5) is 16.0. The first-order chi connectivity index (χ1) is 6.36. The molecule has 4 nitrogen and oxygen atoms in total. The number of aromatic amines is 1. The summed E-state index contributed by atoms with van der Waals surface area (Å²) in [7, 11) is 0. The van der Waals surface area contributed by atoms with Gasteiger partial charge in [0.1, 0.15) is 5.82 Å². The van der Waals surface area contributed by atoms with E-state index in [1.54, 1.807) is 6.07 Å². The highest BCUT2D eigenvalue weighted by Gasteiger charge is 2.09. The van der Waals surface area contributed by atoms with E-state index in [0.29, 0.717) is 0 Å². The van der Waals surface area contributed by atoms with Gasteiger partial charge in [-0.15, -0.1) is 24.8 Å². The Morgan fingerprint density at radius 1 is 1.13 bits per heavy atom. The second-order valence-electron chi connectivity index (χ2n) is 3.14. The molecule has 1 aliphatic heterocycles. The largest absolute Gasteiger partial charge is 0.356 e. The van der Waals surface area contributed by atoms with Crippen LogP contribution in [0.15, 0.2) is 23.0 Å². The highest BCUT2D eigenvalue weighted by molar-refractivity contribution is 5.85. The monoisotopic (exact) mass is 251 g/mol. The van der Waals surface area contributed by atoms with Crippen LogP contribution in [0.25, 0.3) is 0 Å². The van der Waals surface area contributed by atoms with Gasteiger partial charge in [0.05, 0.1) is 0 Å². The van der Waals surface area contributed by atoms with Crippen molar-refractivity contribution < 1.29 is 0 Å². The van der Waals surface area contributed by atoms with Gasteiger partial charge in [-0.3, -0.25) is 4.79 Å². The quantitative estimate of drug-likeness (QED) is 0.770. The normalized spacial score (nSPS) is 15.1. The van der Waals surface area contributed by atoms with Crippen molar-refractivity contribution in [3.05, 3.63) is 28.6 Å². The highest BCUT2D eigenvalue weighted by Crippen LogP contribution is 2.07. The Morgan fingerprint density at radius 3 is 2.40 bits per heavy atom. The summed E-state index contributed by atoms with van der Waals surface area (Å²) < 4.78 is 0. The summed E-state index contributed by atoms with van der Waals surface area (Å²) in [6.45, 7) is 3.88. The summed E-state index contributed by atoms with van der Waals surface area (Å²) in [5.74, 6) is 0.925. The van der Waals surface area contributed by atoms with E-state index in [0.717, 1.165) is 32.0 Å². The molecule has 1 aliphatic rings. The van der Waals surface area contributed by atoms with E-state index in [-0.39, 0.29) is 30.4 Å². The summed E-state index contributed by atoms with van der Waals surface area (Å²) in [6, 6.07) is 5.26. The average molecular weight is 252 g/mol. The van der Waals surface area contributed by atoms with Gasteiger partial charge < -0.3 is 15.2 Å². The van der Waals surface area contributed by atoms with Crippen LogP contribution < -0.4 is 15.8 Å². The minimum absolute atomic E-state index is 0. The fraction of sp³-hybridized carbons (Fsp3) is 0.444. The first kappa shape index (κ1) is 14.3. The lowest BCUT2D eigenvalue weighted by Crippen LogP contribution is -2.44. The maximum atomic E-state index is 11.0. The summed E-state index contributed by atoms with van der Waals surface area (Å²) in [6.07, 6.45) is 0. The minimum Gasteiger partial charge on any atom is -0.356 e. The summed E-state index contributed by atoms with van der Waals surface area (Å²) in [5.41, 5.74) is -0.0315. The molecule has 0 radical (unpaired) electrons. The smallest absolute Gasteiger partial charge is 0.249 e. The zero-order chi connectivity index (χ0) is 9.10. The number of halogens is 2. The number of H-pyrrole nitrogens is 1. The molecule has 2 N–H and O–H groups in total. The molecule has 1 aromatic heterocycles. The van der Waals surface area contributed by atoms with Gasteiger partial charge in [-0.05, 0) is 6.07 Å². The van der Waals surface area contributed by atoms with E-state index in [9.17, 15) is 4.79 Å². The number of rotatable bonds is 1. The number of aromatic nitrogens is 1. The van der Waals surface area contributed by atoms with Crippen LogP contribution in [0, 0.1) is 0 Å². The van der Waals surface area contributed by atoms with E-state index in [4.69, 9.17) is 0 Å². The maximum Gasteiger partial charge on any atom is 0.249 e. The van der Waals surface area contributed by atoms with Gasteiger partial charge in [0, 0.05) is 32.2 Å². The number of nitrogens with one attached hydrogen (secondary N) is 2. The van der Waals surface area contributed by atoms with Gasteiger partial charge in [0.25, 0.3) is 0 Å². The van der Waals surface area contributed by atoms with Crippen molar-refractivity contribution in [2.45, 2.75) is 0 Å². The molecule has 0 atom stereocenters. The molecule has 0 aliphatic carbocycles. The lowest BCUT2D eigenvalue weighted by Gasteiger charge is -2.28. The molecule has 0 spiro atoms. The Hall–Kier alpha value is -0.710. The fourth-order valence-electron chi connectivity index (χ4n) is 1.53. The van der Waals surface area contributed by atoms with Gasteiger partial charge in [0.2, 0.25) is 5.56 Å². The Labute approximate surface area is 101 Å². The number of hydrogen-bond acceptors (Lipinski definition) is 3. The van der Waals surface area contributed by atoms with Crippen LogP contribution >= 0.6 is 24.8 Å². The average Bonchev–Trinajstić information content (AvgIpc) is 2.19. The van der Waals surface area contributed by atoms with Crippen LogP contribution in [0.4, 0.5) is 5.82 Å². The van der Waals surface area contributed by atoms with Crippen molar-refractivity contribution >= 4 is 30.6 Å². The third-order valence-corrected chi connectivity index (χ3v) is 2.21. The summed E-state index contributed by atoms with van der Waals surface area (Å²) in [5, 5.41) is 3.27. The third kappa shape index (κ3) is 3.74. The van der Waals surface area contributed by atoms with E-state index in [2.05, 4.69) is 15.2 Å². The zero-order valence-electron chi connectivity index (χ0n) is 8.23. The second kappa shape index (κ2) is 6.71. The van der Waals surface area contributed by atoms with Gasteiger partial charge >= 0.3 is 0 Å². The van der Waals surface area contributed by atoms with E-state index < -0.39 is 0 Å². The number of hydrogen-bond donors (Lipinski definition) is 2. The number of anilines is 1. The molecular formula is C9H15Cl2N3O. The fourth-order valence-corrected chi connectivity index (χ4v) is 1.53. The van der Waals surface area contributed by atoms with Gasteiger partial charge in [-0.25, -0.2) is 0 Å². The summed E-state index contributed by atoms with van der Waals surface area (Å²) >= 11 is 0. The highest BCUT2D eigenvalue weighted by atomic mass is 35.5. The topological polar surface area (TPSA) is 48.1 Å². The SMILES string of the molecule is Cl.Cl.O=c1cccc(N2CCNCC2)[nH]1. The van der Waals surface area contributed by atoms with Gasteiger partial charge in [0.15, 0.2) is 0 Å². The molecule has 1 fully saturated rings. The van der Waals surface area contributed by atoms with Crippen LogP contribution in [-0.4, -0.2) is 31.2 Å². The van der Waals surface area contributed by atoms with Crippen molar-refractivity contribution in [2.24, 2.45) is 0 Å². The second-order valence-corrected chi connectivity index (χ2v) is 3.14. The molecule has 0 amide bonds. The lowest BCUT2D eigenvalue weighted by atomic mass is 10.3. The van der Waals surface area contributed by atoms with Gasteiger partial charge in [-0.2, -0.15) is 0 Å². The Balaban J connectivity index is 0.000000980. The van der Waals surface area contributed by atoms with Crippen molar-refractivity contribution in [1.29, 1.82) is 0 Å². The molecule has 0 bridgehead atoms. The van der Waals surface area contributed by atoms with E-state index >= 15 is 0 Å². The van der Waals surface area contributed by atoms with Crippen molar-refractivity contribution in [2.75, 3.05) is 31.1 Å². The predicted molar refractivity (Wildman–Crippen MR) is 66.6 cm³/mol. The molecular weight excluding hydrogens is 237 g/mol. The maximum absolute atomic E-state index is 11.0. The van der Waals surface area contributed by atoms with Crippen LogP contribution in [0.1, 0.15) is 0 Å². The van der Waals surface area contributed by atoms with E-state index in [1.807, 2.05) is 6.07 Å². The zero-order valence-corrected chi connectivity index (χ0v) is 9.87. The van der Waals surface area contributed by atoms with Crippen molar-refractivity contribution in [1.82, 2.24) is 10.3 Å². The van der Waals surface area contributed by atoms with Crippen LogP contribution in [0.2, 0.25) is 0 Å². The predicted octanol–water partition coefficient (Wildman–Crippen LogP) is 0.628. The van der Waals surface area contributed by atoms with Crippen LogP contribution in [-0.2, 0) is 0 Å².